The van der Waals surface area contributed by atoms with Crippen LogP contribution in [0.25, 0.3) is 0 Å². The molecule has 2 atom stereocenters. The molecule has 2 aliphatic heterocycles. The summed E-state index contributed by atoms with van der Waals surface area (Å²) in [6.07, 6.45) is 6.18. The maximum absolute atomic E-state index is 11.2. The molecule has 0 saturated carbocycles. The SMILES string of the molecule is C#CC(=O)N1CC[C@@H]2CNC[C@@H]21. The Balaban J connectivity index is 2.10. The normalized spacial score (nSPS) is 33.1. The lowest BCUT2D eigenvalue weighted by Gasteiger charge is -2.20. The van der Waals surface area contributed by atoms with Crippen molar-refractivity contribution in [2.45, 2.75) is 12.5 Å². The third kappa shape index (κ3) is 0.997. The quantitative estimate of drug-likeness (QED) is 0.487. The van der Waals surface area contributed by atoms with E-state index in [0.29, 0.717) is 12.0 Å². The number of hydrogen-bond acceptors (Lipinski definition) is 2. The number of nitrogens with zero attached hydrogens (tertiary/aromatic N) is 1. The number of carbonyl (C=O) groups excluding carboxylic acids is 1. The topological polar surface area (TPSA) is 32.3 Å². The van der Waals surface area contributed by atoms with Gasteiger partial charge >= 0.3 is 0 Å². The van der Waals surface area contributed by atoms with Crippen molar-refractivity contribution in [1.82, 2.24) is 10.2 Å². The Kier molecular flexibility index (Phi) is 1.78. The Morgan fingerprint density at radius 1 is 1.58 bits per heavy atom. The third-order valence-electron chi connectivity index (χ3n) is 2.83. The first-order valence-corrected chi connectivity index (χ1v) is 4.31. The molecule has 0 aromatic heterocycles. The fourth-order valence-electron chi connectivity index (χ4n) is 2.18. The number of terminal acetylenes is 1. The molecule has 2 saturated heterocycles. The molecule has 0 aromatic carbocycles. The van der Waals surface area contributed by atoms with Crippen LogP contribution in [0.4, 0.5) is 0 Å². The van der Waals surface area contributed by atoms with Crippen LogP contribution >= 0.6 is 0 Å². The highest BCUT2D eigenvalue weighted by Crippen LogP contribution is 2.26. The lowest BCUT2D eigenvalue weighted by atomic mass is 10.1. The number of amides is 1. The van der Waals surface area contributed by atoms with Crippen LogP contribution in [0.2, 0.25) is 0 Å². The second-order valence-corrected chi connectivity index (χ2v) is 3.42. The van der Waals surface area contributed by atoms with E-state index in [1.807, 2.05) is 4.90 Å². The largest absolute Gasteiger partial charge is 0.327 e. The summed E-state index contributed by atoms with van der Waals surface area (Å²) < 4.78 is 0. The number of carbonyl (C=O) groups is 1. The molecule has 0 radical (unpaired) electrons. The monoisotopic (exact) mass is 164 g/mol. The maximum atomic E-state index is 11.2. The van der Waals surface area contributed by atoms with Crippen LogP contribution in [0.15, 0.2) is 0 Å². The molecule has 0 spiro atoms. The first-order valence-electron chi connectivity index (χ1n) is 4.31. The molecule has 2 fully saturated rings. The zero-order chi connectivity index (χ0) is 8.55. The average Bonchev–Trinajstić information content (AvgIpc) is 2.62. The summed E-state index contributed by atoms with van der Waals surface area (Å²) in [5.74, 6) is 2.67. The van der Waals surface area contributed by atoms with Crippen LogP contribution in [0, 0.1) is 18.3 Å². The standard InChI is InChI=1S/C9H12N2O/c1-2-9(12)11-4-3-7-5-10-6-8(7)11/h1,7-8,10H,3-6H2/t7-,8+/m1/s1. The minimum Gasteiger partial charge on any atom is -0.327 e. The number of hydrogen-bond donors (Lipinski definition) is 1. The van der Waals surface area contributed by atoms with Crippen molar-refractivity contribution < 1.29 is 4.79 Å². The molecule has 2 rings (SSSR count). The number of fused-ring (bicyclic) bond motifs is 1. The van der Waals surface area contributed by atoms with Gasteiger partial charge in [0.15, 0.2) is 0 Å². The Morgan fingerprint density at radius 2 is 2.42 bits per heavy atom. The molecule has 0 unspecified atom stereocenters. The molecular weight excluding hydrogens is 152 g/mol. The van der Waals surface area contributed by atoms with Crippen LogP contribution < -0.4 is 5.32 Å². The summed E-state index contributed by atoms with van der Waals surface area (Å²) in [6, 6.07) is 0.369. The molecular formula is C9H12N2O. The first-order chi connectivity index (χ1) is 5.83. The van der Waals surface area contributed by atoms with Gasteiger partial charge in [0.1, 0.15) is 0 Å². The highest BCUT2D eigenvalue weighted by Gasteiger charge is 2.39. The fourth-order valence-corrected chi connectivity index (χ4v) is 2.18. The van der Waals surface area contributed by atoms with Gasteiger partial charge in [0.25, 0.3) is 5.91 Å². The van der Waals surface area contributed by atoms with Crippen LogP contribution in [0.1, 0.15) is 6.42 Å². The maximum Gasteiger partial charge on any atom is 0.298 e. The number of likely N-dealkylation sites (tertiary alicyclic amines) is 1. The molecule has 0 aliphatic carbocycles. The van der Waals surface area contributed by atoms with E-state index in [0.717, 1.165) is 26.1 Å². The van der Waals surface area contributed by atoms with E-state index in [9.17, 15) is 4.79 Å². The molecule has 3 nitrogen and oxygen atoms in total. The van der Waals surface area contributed by atoms with E-state index in [1.165, 1.54) is 0 Å². The summed E-state index contributed by atoms with van der Waals surface area (Å²) in [6.45, 7) is 2.80. The predicted molar refractivity (Wildman–Crippen MR) is 45.3 cm³/mol. The fraction of sp³-hybridized carbons (Fsp3) is 0.667. The molecule has 64 valence electrons. The summed E-state index contributed by atoms with van der Waals surface area (Å²) in [5.41, 5.74) is 0. The molecule has 0 bridgehead atoms. The molecule has 1 amide bonds. The Morgan fingerprint density at radius 3 is 3.17 bits per heavy atom. The zero-order valence-corrected chi connectivity index (χ0v) is 6.92. The van der Waals surface area contributed by atoms with Gasteiger partial charge in [-0.1, -0.05) is 0 Å². The van der Waals surface area contributed by atoms with Gasteiger partial charge in [-0.2, -0.15) is 0 Å². The highest BCUT2D eigenvalue weighted by molar-refractivity contribution is 5.93. The Hall–Kier alpha value is -1.01. The first kappa shape index (κ1) is 7.63. The molecule has 3 heteroatoms. The average molecular weight is 164 g/mol. The number of nitrogens with one attached hydrogen (secondary N) is 1. The second-order valence-electron chi connectivity index (χ2n) is 3.42. The molecule has 1 N–H and O–H groups in total. The predicted octanol–water partition coefficient (Wildman–Crippen LogP) is -0.560. The van der Waals surface area contributed by atoms with Gasteiger partial charge in [0, 0.05) is 25.7 Å². The van der Waals surface area contributed by atoms with E-state index >= 15 is 0 Å². The van der Waals surface area contributed by atoms with E-state index in [1.54, 1.807) is 0 Å². The van der Waals surface area contributed by atoms with Gasteiger partial charge in [-0.25, -0.2) is 0 Å². The van der Waals surface area contributed by atoms with Crippen molar-refractivity contribution in [3.63, 3.8) is 0 Å². The van der Waals surface area contributed by atoms with Crippen molar-refractivity contribution in [1.29, 1.82) is 0 Å². The van der Waals surface area contributed by atoms with Gasteiger partial charge in [-0.05, 0) is 18.3 Å². The van der Waals surface area contributed by atoms with Gasteiger partial charge in [0.2, 0.25) is 0 Å². The van der Waals surface area contributed by atoms with E-state index in [4.69, 9.17) is 6.42 Å². The van der Waals surface area contributed by atoms with E-state index < -0.39 is 0 Å². The minimum absolute atomic E-state index is 0.147. The third-order valence-corrected chi connectivity index (χ3v) is 2.83. The van der Waals surface area contributed by atoms with Crippen LogP contribution in [0.3, 0.4) is 0 Å². The van der Waals surface area contributed by atoms with Crippen LogP contribution in [-0.4, -0.2) is 36.5 Å². The summed E-state index contributed by atoms with van der Waals surface area (Å²) in [4.78, 5) is 13.0. The molecule has 2 heterocycles. The van der Waals surface area contributed by atoms with Crippen LogP contribution in [-0.2, 0) is 4.79 Å². The van der Waals surface area contributed by atoms with E-state index in [2.05, 4.69) is 11.2 Å². The molecule has 12 heavy (non-hydrogen) atoms. The smallest absolute Gasteiger partial charge is 0.298 e. The van der Waals surface area contributed by atoms with Crippen molar-refractivity contribution in [3.05, 3.63) is 0 Å². The highest BCUT2D eigenvalue weighted by atomic mass is 16.2. The summed E-state index contributed by atoms with van der Waals surface area (Å²) in [7, 11) is 0. The van der Waals surface area contributed by atoms with Crippen molar-refractivity contribution >= 4 is 5.91 Å². The lowest BCUT2D eigenvalue weighted by molar-refractivity contribution is -0.125. The van der Waals surface area contributed by atoms with Crippen molar-refractivity contribution in [2.24, 2.45) is 5.92 Å². The van der Waals surface area contributed by atoms with Gasteiger partial charge in [0.05, 0.1) is 0 Å². The summed E-state index contributed by atoms with van der Waals surface area (Å²) >= 11 is 0. The Labute approximate surface area is 72.1 Å². The van der Waals surface area contributed by atoms with Gasteiger partial charge in [-0.15, -0.1) is 6.42 Å². The van der Waals surface area contributed by atoms with Crippen molar-refractivity contribution in [2.75, 3.05) is 19.6 Å². The molecule has 2 aliphatic rings. The van der Waals surface area contributed by atoms with Gasteiger partial charge in [-0.3, -0.25) is 4.79 Å². The number of rotatable bonds is 0. The van der Waals surface area contributed by atoms with Crippen molar-refractivity contribution in [3.8, 4) is 12.3 Å². The molecule has 0 aromatic rings. The lowest BCUT2D eigenvalue weighted by Crippen LogP contribution is -2.38. The summed E-state index contributed by atoms with van der Waals surface area (Å²) in [5, 5.41) is 3.27. The van der Waals surface area contributed by atoms with Crippen LogP contribution in [0.5, 0.6) is 0 Å². The van der Waals surface area contributed by atoms with Gasteiger partial charge < -0.3 is 10.2 Å². The second kappa shape index (κ2) is 2.80. The minimum atomic E-state index is -0.147. The Bertz CT molecular complexity index is 243. The van der Waals surface area contributed by atoms with E-state index in [-0.39, 0.29) is 5.91 Å². The zero-order valence-electron chi connectivity index (χ0n) is 6.92.